The van der Waals surface area contributed by atoms with Gasteiger partial charge in [0.25, 0.3) is 0 Å². The van der Waals surface area contributed by atoms with E-state index < -0.39 is 17.5 Å². The van der Waals surface area contributed by atoms with Crippen molar-refractivity contribution in [3.8, 4) is 17.9 Å². The van der Waals surface area contributed by atoms with Crippen LogP contribution in [0.15, 0.2) is 35.1 Å². The number of aromatic nitrogens is 6. The minimum absolute atomic E-state index is 0.0356. The molecule has 3 aliphatic heterocycles. The smallest absolute Gasteiger partial charge is 0.319 e. The van der Waals surface area contributed by atoms with Crippen molar-refractivity contribution < 1.29 is 13.5 Å². The number of ether oxygens (including phenoxy) is 1. The molecule has 7 heterocycles. The Labute approximate surface area is 260 Å². The molecule has 1 unspecified atom stereocenters. The lowest BCUT2D eigenvalue weighted by Crippen LogP contribution is -2.43. The Morgan fingerprint density at radius 3 is 2.91 bits per heavy atom. The van der Waals surface area contributed by atoms with Gasteiger partial charge in [0.2, 0.25) is 0 Å². The van der Waals surface area contributed by atoms with E-state index in [2.05, 4.69) is 52.0 Å². The average Bonchev–Trinajstić information content (AvgIpc) is 3.74. The summed E-state index contributed by atoms with van der Waals surface area (Å²) in [7, 11) is 0. The summed E-state index contributed by atoms with van der Waals surface area (Å²) in [5.41, 5.74) is 1.91. The molecule has 0 amide bonds. The van der Waals surface area contributed by atoms with Crippen LogP contribution in [0.3, 0.4) is 0 Å². The second-order valence-corrected chi connectivity index (χ2v) is 13.1. The second kappa shape index (κ2) is 10.6. The lowest BCUT2D eigenvalue weighted by molar-refractivity contribution is 0.107. The average molecular weight is 663 g/mol. The van der Waals surface area contributed by atoms with Crippen LogP contribution in [-0.4, -0.2) is 79.1 Å². The zero-order valence-electron chi connectivity index (χ0n) is 23.9. The Bertz CT molecular complexity index is 1950. The van der Waals surface area contributed by atoms with Gasteiger partial charge in [0, 0.05) is 48.0 Å². The number of halogens is 3. The molecule has 3 fully saturated rings. The summed E-state index contributed by atoms with van der Waals surface area (Å²) in [6, 6.07) is 8.23. The van der Waals surface area contributed by atoms with E-state index in [1.807, 2.05) is 18.2 Å². The molecule has 0 bridgehead atoms. The highest BCUT2D eigenvalue weighted by atomic mass is 79.9. The molecule has 0 spiro atoms. The molecule has 1 aromatic carbocycles. The van der Waals surface area contributed by atoms with E-state index >= 15 is 4.39 Å². The maximum absolute atomic E-state index is 16.9. The van der Waals surface area contributed by atoms with Crippen LogP contribution in [0.5, 0.6) is 6.01 Å². The number of anilines is 1. The van der Waals surface area contributed by atoms with Gasteiger partial charge in [0.05, 0.1) is 39.7 Å². The predicted molar refractivity (Wildman–Crippen MR) is 165 cm³/mol. The monoisotopic (exact) mass is 661 g/mol. The highest BCUT2D eigenvalue weighted by Crippen LogP contribution is 2.41. The number of H-pyrrole nitrogens is 1. The van der Waals surface area contributed by atoms with Crippen LogP contribution in [0.4, 0.5) is 14.6 Å². The van der Waals surface area contributed by atoms with E-state index in [1.54, 1.807) is 17.0 Å². The van der Waals surface area contributed by atoms with Gasteiger partial charge in [-0.1, -0.05) is 12.1 Å². The number of alkyl halides is 1. The number of fused-ring (bicyclic) bond motifs is 5. The second-order valence-electron chi connectivity index (χ2n) is 12.2. The van der Waals surface area contributed by atoms with Gasteiger partial charge in [0.1, 0.15) is 24.1 Å². The summed E-state index contributed by atoms with van der Waals surface area (Å²) >= 11 is 3.64. The van der Waals surface area contributed by atoms with Crippen molar-refractivity contribution in [1.29, 1.82) is 5.26 Å². The van der Waals surface area contributed by atoms with Crippen LogP contribution >= 0.6 is 15.9 Å². The number of nitrogens with zero attached hydrogens (tertiary/aromatic N) is 8. The number of pyridine rings is 1. The number of aromatic amines is 1. The number of nitrogens with one attached hydrogen (secondary N) is 1. The first-order valence-corrected chi connectivity index (χ1v) is 15.9. The van der Waals surface area contributed by atoms with Gasteiger partial charge < -0.3 is 9.64 Å². The van der Waals surface area contributed by atoms with E-state index in [4.69, 9.17) is 9.72 Å². The Kier molecular flexibility index (Phi) is 6.68. The minimum atomic E-state index is -0.890. The summed E-state index contributed by atoms with van der Waals surface area (Å²) in [5.74, 6) is -0.0315. The standard InChI is InChI=1S/C31H30BrF2N9O/c32-22-6-1-5-20-25-23(15-37-40-25)43(27(20)22)29-24(34)26-21(14-36-29)28(41-9-2-4-18(13-35)7-11-41)39-30(38-26)44-17-31-8-3-10-42(31)16-19(33)12-31/h1,5-6,14-15,18-19H,2-4,7-12,16-17H2,(H,37,40)/t18?,19-,31+/m1/s1. The van der Waals surface area contributed by atoms with Crippen molar-refractivity contribution >= 4 is 54.6 Å². The van der Waals surface area contributed by atoms with E-state index in [-0.39, 0.29) is 29.9 Å². The highest BCUT2D eigenvalue weighted by Gasteiger charge is 2.49. The molecule has 5 aromatic rings. The van der Waals surface area contributed by atoms with Gasteiger partial charge in [-0.25, -0.2) is 13.8 Å². The SMILES string of the molecule is N#CC1CCCN(c2nc(OC[C@@]34CCCN3C[C@H](F)C4)nc3c(F)c(-n4c5cn[nH]c5c5cccc(Br)c54)ncc23)CC1. The molecule has 0 radical (unpaired) electrons. The van der Waals surface area contributed by atoms with Gasteiger partial charge in [0.15, 0.2) is 11.6 Å². The molecule has 0 aliphatic carbocycles. The van der Waals surface area contributed by atoms with Gasteiger partial charge in [-0.2, -0.15) is 20.3 Å². The van der Waals surface area contributed by atoms with Gasteiger partial charge in [-0.15, -0.1) is 0 Å². The molecule has 226 valence electrons. The third kappa shape index (κ3) is 4.33. The Morgan fingerprint density at radius 1 is 1.11 bits per heavy atom. The van der Waals surface area contributed by atoms with Crippen molar-refractivity contribution in [1.82, 2.24) is 34.6 Å². The third-order valence-corrected chi connectivity index (χ3v) is 10.3. The summed E-state index contributed by atoms with van der Waals surface area (Å²) < 4.78 is 40.1. The first-order chi connectivity index (χ1) is 21.5. The van der Waals surface area contributed by atoms with Crippen LogP contribution in [-0.2, 0) is 0 Å². The lowest BCUT2D eigenvalue weighted by atomic mass is 9.95. The molecular weight excluding hydrogens is 632 g/mol. The summed E-state index contributed by atoms with van der Waals surface area (Å²) in [6.45, 7) is 2.75. The molecule has 3 saturated heterocycles. The normalized spacial score (nSPS) is 24.3. The largest absolute Gasteiger partial charge is 0.461 e. The van der Waals surface area contributed by atoms with Crippen molar-refractivity contribution in [2.45, 2.75) is 50.2 Å². The summed E-state index contributed by atoms with van der Waals surface area (Å²) in [4.78, 5) is 18.3. The molecule has 4 aromatic heterocycles. The molecule has 10 nitrogen and oxygen atoms in total. The van der Waals surface area contributed by atoms with Crippen LogP contribution in [0.2, 0.25) is 0 Å². The van der Waals surface area contributed by atoms with Gasteiger partial charge in [-0.05, 0) is 60.6 Å². The van der Waals surface area contributed by atoms with Crippen LogP contribution in [0.1, 0.15) is 38.5 Å². The topological polar surface area (TPSA) is 112 Å². The van der Waals surface area contributed by atoms with Crippen molar-refractivity contribution in [3.05, 3.63) is 40.9 Å². The van der Waals surface area contributed by atoms with Crippen molar-refractivity contribution in [2.75, 3.05) is 37.7 Å². The molecule has 1 N–H and O–H groups in total. The summed E-state index contributed by atoms with van der Waals surface area (Å²) in [5, 5.41) is 18.1. The van der Waals surface area contributed by atoms with Crippen LogP contribution in [0, 0.1) is 23.1 Å². The first-order valence-electron chi connectivity index (χ1n) is 15.1. The quantitative estimate of drug-likeness (QED) is 0.250. The minimum Gasteiger partial charge on any atom is -0.461 e. The van der Waals surface area contributed by atoms with E-state index in [9.17, 15) is 9.65 Å². The van der Waals surface area contributed by atoms with Crippen LogP contribution < -0.4 is 9.64 Å². The third-order valence-electron chi connectivity index (χ3n) is 9.62. The van der Waals surface area contributed by atoms with Crippen LogP contribution in [0.25, 0.3) is 38.7 Å². The maximum atomic E-state index is 16.9. The number of hydrogen-bond acceptors (Lipinski definition) is 8. The van der Waals surface area contributed by atoms with Gasteiger partial charge in [-0.3, -0.25) is 14.6 Å². The number of nitriles is 1. The summed E-state index contributed by atoms with van der Waals surface area (Å²) in [6.07, 6.45) is 6.92. The fraction of sp³-hybridized carbons (Fsp3) is 0.452. The van der Waals surface area contributed by atoms with Crippen molar-refractivity contribution in [2.24, 2.45) is 5.92 Å². The highest BCUT2D eigenvalue weighted by molar-refractivity contribution is 9.10. The molecule has 0 saturated carbocycles. The molecule has 3 atom stereocenters. The van der Waals surface area contributed by atoms with E-state index in [0.717, 1.165) is 53.1 Å². The molecule has 3 aliphatic rings. The number of para-hydroxylation sites is 1. The molecular formula is C31H30BrF2N9O. The van der Waals surface area contributed by atoms with E-state index in [1.165, 1.54) is 0 Å². The zero-order chi connectivity index (χ0) is 30.0. The predicted octanol–water partition coefficient (Wildman–Crippen LogP) is 5.83. The number of benzene rings is 1. The Morgan fingerprint density at radius 2 is 2.02 bits per heavy atom. The zero-order valence-corrected chi connectivity index (χ0v) is 25.5. The Balaban J connectivity index is 1.27. The lowest BCUT2D eigenvalue weighted by Gasteiger charge is -2.31. The molecule has 8 rings (SSSR count). The fourth-order valence-electron chi connectivity index (χ4n) is 7.49. The first kappa shape index (κ1) is 27.6. The molecule has 13 heteroatoms. The van der Waals surface area contributed by atoms with Crippen molar-refractivity contribution in [3.63, 3.8) is 0 Å². The fourth-order valence-corrected chi connectivity index (χ4v) is 8.03. The van der Waals surface area contributed by atoms with Gasteiger partial charge >= 0.3 is 6.01 Å². The van der Waals surface area contributed by atoms with E-state index in [0.29, 0.717) is 49.2 Å². The number of hydrogen-bond donors (Lipinski definition) is 1. The molecule has 44 heavy (non-hydrogen) atoms. The Hall–Kier alpha value is -3.89. The number of rotatable bonds is 5. The maximum Gasteiger partial charge on any atom is 0.319 e.